The lowest BCUT2D eigenvalue weighted by Gasteiger charge is -2.18. The molecule has 0 aromatic heterocycles. The lowest BCUT2D eigenvalue weighted by Crippen LogP contribution is -2.36. The van der Waals surface area contributed by atoms with Gasteiger partial charge in [0.25, 0.3) is 0 Å². The van der Waals surface area contributed by atoms with Gasteiger partial charge in [-0.3, -0.25) is 4.79 Å². The molecule has 4 nitrogen and oxygen atoms in total. The average Bonchev–Trinajstić information content (AvgIpc) is 2.43. The van der Waals surface area contributed by atoms with E-state index in [4.69, 9.17) is 4.74 Å². The highest BCUT2D eigenvalue weighted by Gasteiger charge is 2.27. The Morgan fingerprint density at radius 1 is 1.50 bits per heavy atom. The molecule has 1 aliphatic heterocycles. The minimum atomic E-state index is -0.354. The Morgan fingerprint density at radius 2 is 2.25 bits per heavy atom. The molecule has 1 amide bonds. The van der Waals surface area contributed by atoms with Crippen molar-refractivity contribution in [1.82, 2.24) is 4.90 Å². The van der Waals surface area contributed by atoms with Gasteiger partial charge in [0.15, 0.2) is 5.78 Å². The van der Waals surface area contributed by atoms with Crippen LogP contribution >= 0.6 is 0 Å². The van der Waals surface area contributed by atoms with E-state index >= 15 is 0 Å². The van der Waals surface area contributed by atoms with Crippen molar-refractivity contribution in [2.24, 2.45) is 5.92 Å². The zero-order valence-corrected chi connectivity index (χ0v) is 10.2. The predicted molar refractivity (Wildman–Crippen MR) is 61.2 cm³/mol. The van der Waals surface area contributed by atoms with Gasteiger partial charge >= 0.3 is 6.09 Å². The van der Waals surface area contributed by atoms with Crippen LogP contribution in [0.3, 0.4) is 0 Å². The summed E-state index contributed by atoms with van der Waals surface area (Å²) in [6, 6.07) is 0. The number of carbonyl (C=O) groups excluding carboxylic acids is 2. The van der Waals surface area contributed by atoms with Crippen molar-refractivity contribution in [1.29, 1.82) is 0 Å². The van der Waals surface area contributed by atoms with Crippen molar-refractivity contribution >= 4 is 11.9 Å². The summed E-state index contributed by atoms with van der Waals surface area (Å²) in [6.45, 7) is 5.09. The van der Waals surface area contributed by atoms with Gasteiger partial charge in [0.1, 0.15) is 0 Å². The zero-order valence-electron chi connectivity index (χ0n) is 10.2. The number of Topliss-reactive ketones (excluding diaryl/α,β-unsaturated/α-hetero) is 1. The first kappa shape index (κ1) is 13.0. The number of ketones is 1. The van der Waals surface area contributed by atoms with Crippen molar-refractivity contribution in [3.05, 3.63) is 0 Å². The first-order valence-electron chi connectivity index (χ1n) is 6.13. The van der Waals surface area contributed by atoms with Crippen LogP contribution in [-0.2, 0) is 9.53 Å². The van der Waals surface area contributed by atoms with Gasteiger partial charge in [-0.05, 0) is 26.2 Å². The summed E-state index contributed by atoms with van der Waals surface area (Å²) < 4.78 is 4.92. The van der Waals surface area contributed by atoms with Crippen LogP contribution in [0.5, 0.6) is 0 Å². The molecule has 0 bridgehead atoms. The van der Waals surface area contributed by atoms with Gasteiger partial charge in [0.05, 0.1) is 13.2 Å². The second-order valence-corrected chi connectivity index (χ2v) is 4.21. The lowest BCUT2D eigenvalue weighted by atomic mass is 9.95. The smallest absolute Gasteiger partial charge is 0.410 e. The first-order valence-corrected chi connectivity index (χ1v) is 6.13. The second-order valence-electron chi connectivity index (χ2n) is 4.21. The molecule has 1 unspecified atom stereocenters. The molecular formula is C12H21NO3. The van der Waals surface area contributed by atoms with Crippen LogP contribution in [0.15, 0.2) is 0 Å². The van der Waals surface area contributed by atoms with Gasteiger partial charge in [0.2, 0.25) is 0 Å². The normalized spacial score (nSPS) is 21.8. The maximum Gasteiger partial charge on any atom is 0.410 e. The fourth-order valence-electron chi connectivity index (χ4n) is 2.11. The minimum Gasteiger partial charge on any atom is -0.450 e. The molecule has 0 aromatic rings. The molecule has 0 spiro atoms. The van der Waals surface area contributed by atoms with Gasteiger partial charge in [-0.1, -0.05) is 13.3 Å². The number of hydrogen-bond acceptors (Lipinski definition) is 3. The van der Waals surface area contributed by atoms with Gasteiger partial charge in [-0.15, -0.1) is 0 Å². The number of ether oxygens (including phenoxy) is 1. The van der Waals surface area contributed by atoms with Gasteiger partial charge < -0.3 is 9.64 Å². The number of likely N-dealkylation sites (tertiary alicyclic amines) is 1. The van der Waals surface area contributed by atoms with Crippen LogP contribution in [0.25, 0.3) is 0 Å². The van der Waals surface area contributed by atoms with E-state index in [1.807, 2.05) is 0 Å². The third-order valence-electron chi connectivity index (χ3n) is 2.95. The molecule has 0 radical (unpaired) electrons. The fraction of sp³-hybridized carbons (Fsp3) is 0.833. The molecule has 4 heteroatoms. The maximum absolute atomic E-state index is 11.9. The number of rotatable bonds is 3. The topological polar surface area (TPSA) is 46.6 Å². The first-order chi connectivity index (χ1) is 7.69. The molecular weight excluding hydrogens is 206 g/mol. The summed E-state index contributed by atoms with van der Waals surface area (Å²) in [7, 11) is 0. The Bertz CT molecular complexity index is 253. The van der Waals surface area contributed by atoms with Crippen LogP contribution in [0.2, 0.25) is 0 Å². The fourth-order valence-corrected chi connectivity index (χ4v) is 2.11. The molecule has 1 heterocycles. The molecule has 1 aliphatic rings. The molecule has 1 atom stereocenters. The molecule has 1 rings (SSSR count). The molecule has 92 valence electrons. The number of hydrogen-bond donors (Lipinski definition) is 0. The summed E-state index contributed by atoms with van der Waals surface area (Å²) in [5.41, 5.74) is 0. The standard InChI is InChI=1S/C12H21NO3/c1-3-6-10-7-5-8-13(9-11(10)14)12(15)16-4-2/h10H,3-9H2,1-2H3. The van der Waals surface area contributed by atoms with Crippen LogP contribution in [0.4, 0.5) is 4.79 Å². The van der Waals surface area contributed by atoms with Crippen molar-refractivity contribution in [2.75, 3.05) is 19.7 Å². The maximum atomic E-state index is 11.9. The summed E-state index contributed by atoms with van der Waals surface area (Å²) >= 11 is 0. The van der Waals surface area contributed by atoms with Gasteiger partial charge in [-0.2, -0.15) is 0 Å². The molecule has 0 aromatic carbocycles. The molecule has 16 heavy (non-hydrogen) atoms. The van der Waals surface area contributed by atoms with Crippen LogP contribution < -0.4 is 0 Å². The number of nitrogens with zero attached hydrogens (tertiary/aromatic N) is 1. The lowest BCUT2D eigenvalue weighted by molar-refractivity contribution is -0.123. The van der Waals surface area contributed by atoms with E-state index in [2.05, 4.69) is 6.92 Å². The molecule has 0 saturated carbocycles. The Balaban J connectivity index is 2.53. The number of amides is 1. The van der Waals surface area contributed by atoms with E-state index in [0.29, 0.717) is 13.2 Å². The molecule has 0 N–H and O–H groups in total. The zero-order chi connectivity index (χ0) is 12.0. The Labute approximate surface area is 96.9 Å². The Kier molecular flexibility index (Phi) is 5.29. The van der Waals surface area contributed by atoms with Crippen LogP contribution in [0.1, 0.15) is 39.5 Å². The van der Waals surface area contributed by atoms with Crippen molar-refractivity contribution in [3.63, 3.8) is 0 Å². The van der Waals surface area contributed by atoms with E-state index in [1.54, 1.807) is 6.92 Å². The van der Waals surface area contributed by atoms with Crippen molar-refractivity contribution in [3.8, 4) is 0 Å². The second kappa shape index (κ2) is 6.51. The molecule has 1 fully saturated rings. The summed E-state index contributed by atoms with van der Waals surface area (Å²) in [5, 5.41) is 0. The molecule has 0 aliphatic carbocycles. The summed E-state index contributed by atoms with van der Waals surface area (Å²) in [5.74, 6) is 0.330. The van der Waals surface area contributed by atoms with E-state index in [-0.39, 0.29) is 24.3 Å². The third-order valence-corrected chi connectivity index (χ3v) is 2.95. The van der Waals surface area contributed by atoms with Gasteiger partial charge in [0, 0.05) is 12.5 Å². The Hall–Kier alpha value is -1.06. The third kappa shape index (κ3) is 3.51. The predicted octanol–water partition coefficient (Wildman–Crippen LogP) is 2.22. The minimum absolute atomic E-state index is 0.143. The van der Waals surface area contributed by atoms with Crippen LogP contribution in [0, 0.1) is 5.92 Å². The van der Waals surface area contributed by atoms with E-state index in [1.165, 1.54) is 4.90 Å². The van der Waals surface area contributed by atoms with E-state index < -0.39 is 0 Å². The quantitative estimate of drug-likeness (QED) is 0.742. The highest BCUT2D eigenvalue weighted by atomic mass is 16.6. The van der Waals surface area contributed by atoms with Crippen molar-refractivity contribution in [2.45, 2.75) is 39.5 Å². The summed E-state index contributed by atoms with van der Waals surface area (Å²) in [4.78, 5) is 24.9. The highest BCUT2D eigenvalue weighted by Crippen LogP contribution is 2.19. The molecule has 1 saturated heterocycles. The summed E-state index contributed by atoms with van der Waals surface area (Å²) in [6.07, 6.45) is 3.41. The van der Waals surface area contributed by atoms with Crippen LogP contribution in [-0.4, -0.2) is 36.5 Å². The van der Waals surface area contributed by atoms with Gasteiger partial charge in [-0.25, -0.2) is 4.79 Å². The van der Waals surface area contributed by atoms with E-state index in [0.717, 1.165) is 25.7 Å². The SMILES string of the molecule is CCCC1CCCN(C(=O)OCC)CC1=O. The largest absolute Gasteiger partial charge is 0.450 e. The average molecular weight is 227 g/mol. The Morgan fingerprint density at radius 3 is 2.88 bits per heavy atom. The van der Waals surface area contributed by atoms with E-state index in [9.17, 15) is 9.59 Å². The van der Waals surface area contributed by atoms with Crippen molar-refractivity contribution < 1.29 is 14.3 Å². The monoisotopic (exact) mass is 227 g/mol. The highest BCUT2D eigenvalue weighted by molar-refractivity contribution is 5.86. The number of carbonyl (C=O) groups is 2.